The van der Waals surface area contributed by atoms with Crippen LogP contribution in [-0.4, -0.2) is 6.04 Å². The molecule has 2 aromatic rings. The number of furan rings is 1. The third-order valence-electron chi connectivity index (χ3n) is 3.05. The van der Waals surface area contributed by atoms with Gasteiger partial charge in [-0.25, -0.2) is 0 Å². The van der Waals surface area contributed by atoms with E-state index in [1.165, 1.54) is 17.7 Å². The quantitative estimate of drug-likeness (QED) is 0.780. The molecule has 0 amide bonds. The average molecular weight is 338 g/mol. The topological polar surface area (TPSA) is 25.2 Å². The lowest BCUT2D eigenvalue weighted by molar-refractivity contribution is 0.458. The van der Waals surface area contributed by atoms with Crippen LogP contribution in [0.25, 0.3) is 0 Å². The Morgan fingerprint density at radius 3 is 2.58 bits per heavy atom. The first kappa shape index (κ1) is 13.3. The Morgan fingerprint density at radius 2 is 1.84 bits per heavy atom. The van der Waals surface area contributed by atoms with Crippen molar-refractivity contribution in [3.05, 3.63) is 52.4 Å². The van der Waals surface area contributed by atoms with E-state index in [2.05, 4.69) is 57.6 Å². The fourth-order valence-corrected chi connectivity index (χ4v) is 2.87. The first-order valence-corrected chi connectivity index (χ1v) is 8.27. The maximum Gasteiger partial charge on any atom is 0.118 e. The molecule has 1 aliphatic rings. The molecule has 2 nitrogen and oxygen atoms in total. The van der Waals surface area contributed by atoms with E-state index in [1.54, 1.807) is 11.8 Å². The van der Waals surface area contributed by atoms with Crippen molar-refractivity contribution >= 4 is 27.7 Å². The van der Waals surface area contributed by atoms with E-state index in [1.807, 2.05) is 0 Å². The molecule has 1 aromatic heterocycles. The number of nitrogens with one attached hydrogen (secondary N) is 1. The minimum atomic E-state index is 0.727. The summed E-state index contributed by atoms with van der Waals surface area (Å²) in [5.74, 6) is 2.96. The maximum absolute atomic E-state index is 5.81. The van der Waals surface area contributed by atoms with Gasteiger partial charge in [-0.3, -0.25) is 0 Å². The van der Waals surface area contributed by atoms with Crippen molar-refractivity contribution in [1.29, 1.82) is 0 Å². The van der Waals surface area contributed by atoms with Gasteiger partial charge in [-0.2, -0.15) is 0 Å². The van der Waals surface area contributed by atoms with Gasteiger partial charge in [-0.05, 0) is 49.2 Å². The van der Waals surface area contributed by atoms with Gasteiger partial charge in [0.25, 0.3) is 0 Å². The number of rotatable bonds is 6. The smallest absolute Gasteiger partial charge is 0.118 e. The van der Waals surface area contributed by atoms with Crippen LogP contribution in [-0.2, 0) is 12.3 Å². The second kappa shape index (κ2) is 6.16. The van der Waals surface area contributed by atoms with Crippen LogP contribution < -0.4 is 5.32 Å². The third-order valence-corrected chi connectivity index (χ3v) is 4.62. The van der Waals surface area contributed by atoms with Crippen LogP contribution in [0, 0.1) is 0 Å². The molecular weight excluding hydrogens is 322 g/mol. The second-order valence-corrected chi connectivity index (χ2v) is 6.73. The molecule has 100 valence electrons. The lowest BCUT2D eigenvalue weighted by atomic mass is 10.4. The molecule has 0 aliphatic heterocycles. The molecule has 3 rings (SSSR count). The summed E-state index contributed by atoms with van der Waals surface area (Å²) in [6.45, 7) is 0.855. The summed E-state index contributed by atoms with van der Waals surface area (Å²) in [5, 5.41) is 3.46. The lowest BCUT2D eigenvalue weighted by Gasteiger charge is -2.00. The summed E-state index contributed by atoms with van der Waals surface area (Å²) in [5.41, 5.74) is 0. The van der Waals surface area contributed by atoms with Gasteiger partial charge in [0.2, 0.25) is 0 Å². The van der Waals surface area contributed by atoms with Gasteiger partial charge in [-0.15, -0.1) is 11.8 Å². The summed E-state index contributed by atoms with van der Waals surface area (Å²) < 4.78 is 6.93. The monoisotopic (exact) mass is 337 g/mol. The fourth-order valence-electron chi connectivity index (χ4n) is 1.81. The second-order valence-electron chi connectivity index (χ2n) is 4.77. The van der Waals surface area contributed by atoms with Crippen molar-refractivity contribution in [2.45, 2.75) is 36.1 Å². The van der Waals surface area contributed by atoms with Crippen LogP contribution in [0.1, 0.15) is 24.4 Å². The zero-order chi connectivity index (χ0) is 13.1. The maximum atomic E-state index is 5.81. The van der Waals surface area contributed by atoms with E-state index in [4.69, 9.17) is 4.42 Å². The highest BCUT2D eigenvalue weighted by Gasteiger charge is 2.20. The Kier molecular flexibility index (Phi) is 4.31. The molecule has 0 bridgehead atoms. The van der Waals surface area contributed by atoms with E-state index >= 15 is 0 Å². The molecule has 1 saturated carbocycles. The number of hydrogen-bond donors (Lipinski definition) is 1. The van der Waals surface area contributed by atoms with Gasteiger partial charge < -0.3 is 9.73 Å². The van der Waals surface area contributed by atoms with E-state index in [0.29, 0.717) is 0 Å². The Hall–Kier alpha value is -0.710. The molecule has 4 heteroatoms. The Morgan fingerprint density at radius 1 is 1.11 bits per heavy atom. The zero-order valence-electron chi connectivity index (χ0n) is 10.6. The van der Waals surface area contributed by atoms with Crippen LogP contribution in [0.3, 0.4) is 0 Å². The zero-order valence-corrected chi connectivity index (χ0v) is 13.0. The van der Waals surface area contributed by atoms with Gasteiger partial charge >= 0.3 is 0 Å². The summed E-state index contributed by atoms with van der Waals surface area (Å²) >= 11 is 5.24. The molecule has 1 N–H and O–H groups in total. The predicted molar refractivity (Wildman–Crippen MR) is 82.3 cm³/mol. The summed E-state index contributed by atoms with van der Waals surface area (Å²) in [4.78, 5) is 1.26. The third kappa shape index (κ3) is 4.13. The van der Waals surface area contributed by atoms with Crippen molar-refractivity contribution in [3.63, 3.8) is 0 Å². The van der Waals surface area contributed by atoms with Gasteiger partial charge in [0.15, 0.2) is 0 Å². The molecule has 0 saturated heterocycles. The van der Waals surface area contributed by atoms with Crippen molar-refractivity contribution in [1.82, 2.24) is 5.32 Å². The average Bonchev–Trinajstić information content (AvgIpc) is 3.15. The summed E-state index contributed by atoms with van der Waals surface area (Å²) in [6.07, 6.45) is 2.62. The van der Waals surface area contributed by atoms with E-state index in [9.17, 15) is 0 Å². The number of thioether (sulfide) groups is 1. The highest BCUT2D eigenvalue weighted by atomic mass is 79.9. The van der Waals surface area contributed by atoms with E-state index in [0.717, 1.165) is 34.3 Å². The summed E-state index contributed by atoms with van der Waals surface area (Å²) in [6, 6.07) is 13.2. The van der Waals surface area contributed by atoms with Crippen LogP contribution in [0.15, 0.2) is 50.2 Å². The SMILES string of the molecule is Brc1ccc(SCc2ccc(CNC3CC3)o2)cc1. The van der Waals surface area contributed by atoms with Crippen molar-refractivity contribution in [3.8, 4) is 0 Å². The molecule has 19 heavy (non-hydrogen) atoms. The molecule has 0 atom stereocenters. The minimum Gasteiger partial charge on any atom is -0.464 e. The Bertz CT molecular complexity index is 533. The highest BCUT2D eigenvalue weighted by molar-refractivity contribution is 9.10. The van der Waals surface area contributed by atoms with Gasteiger partial charge in [0, 0.05) is 15.4 Å². The number of halogens is 1. The largest absolute Gasteiger partial charge is 0.464 e. The normalized spacial score (nSPS) is 14.8. The van der Waals surface area contributed by atoms with Crippen LogP contribution in [0.2, 0.25) is 0 Å². The predicted octanol–water partition coefficient (Wildman–Crippen LogP) is 4.59. The first-order chi connectivity index (χ1) is 9.29. The number of benzene rings is 1. The summed E-state index contributed by atoms with van der Waals surface area (Å²) in [7, 11) is 0. The van der Waals surface area contributed by atoms with Crippen LogP contribution in [0.4, 0.5) is 0 Å². The minimum absolute atomic E-state index is 0.727. The molecule has 1 aromatic carbocycles. The van der Waals surface area contributed by atoms with Crippen molar-refractivity contribution in [2.75, 3.05) is 0 Å². The van der Waals surface area contributed by atoms with E-state index < -0.39 is 0 Å². The van der Waals surface area contributed by atoms with Crippen LogP contribution in [0.5, 0.6) is 0 Å². The fraction of sp³-hybridized carbons (Fsp3) is 0.333. The van der Waals surface area contributed by atoms with E-state index in [-0.39, 0.29) is 0 Å². The van der Waals surface area contributed by atoms with Crippen LogP contribution >= 0.6 is 27.7 Å². The van der Waals surface area contributed by atoms with Crippen molar-refractivity contribution < 1.29 is 4.42 Å². The molecule has 1 fully saturated rings. The lowest BCUT2D eigenvalue weighted by Crippen LogP contribution is -2.14. The molecule has 0 radical (unpaired) electrons. The first-order valence-electron chi connectivity index (χ1n) is 6.49. The molecule has 0 unspecified atom stereocenters. The van der Waals surface area contributed by atoms with Crippen molar-refractivity contribution in [2.24, 2.45) is 0 Å². The molecular formula is C15H16BrNOS. The highest BCUT2D eigenvalue weighted by Crippen LogP contribution is 2.25. The molecule has 1 aliphatic carbocycles. The molecule has 0 spiro atoms. The standard InChI is InChI=1S/C15H16BrNOS/c16-11-1-7-15(8-2-11)19-10-14-6-5-13(18-14)9-17-12-3-4-12/h1-2,5-8,12,17H,3-4,9-10H2. The van der Waals surface area contributed by atoms with Gasteiger partial charge in [0.1, 0.15) is 11.5 Å². The Balaban J connectivity index is 1.50. The van der Waals surface area contributed by atoms with Gasteiger partial charge in [0.05, 0.1) is 12.3 Å². The Labute approximate surface area is 126 Å². The molecule has 1 heterocycles. The number of hydrogen-bond acceptors (Lipinski definition) is 3. The van der Waals surface area contributed by atoms with Gasteiger partial charge in [-0.1, -0.05) is 15.9 Å².